The maximum atomic E-state index is 12.1. The fourth-order valence-electron chi connectivity index (χ4n) is 1.84. The van der Waals surface area contributed by atoms with E-state index in [0.717, 1.165) is 4.90 Å². The van der Waals surface area contributed by atoms with Gasteiger partial charge in [-0.3, -0.25) is 9.69 Å². The van der Waals surface area contributed by atoms with Gasteiger partial charge >= 0.3 is 33.3 Å². The average molecular weight is 431 g/mol. The molecule has 0 aromatic rings. The van der Waals surface area contributed by atoms with Gasteiger partial charge in [-0.25, -0.2) is 4.79 Å². The van der Waals surface area contributed by atoms with E-state index in [0.29, 0.717) is 6.54 Å². The second-order valence-corrected chi connectivity index (χ2v) is 3.66. The summed E-state index contributed by atoms with van der Waals surface area (Å²) in [6, 6.07) is -1.69. The van der Waals surface area contributed by atoms with Crippen LogP contribution in [0.25, 0.3) is 5.32 Å². The number of rotatable bonds is 1. The van der Waals surface area contributed by atoms with Gasteiger partial charge in [-0.05, 0) is 0 Å². The molecule has 17 heavy (non-hydrogen) atoms. The van der Waals surface area contributed by atoms with Crippen LogP contribution in [-0.2, 0) is 25.9 Å². The Morgan fingerprint density at radius 2 is 2.00 bits per heavy atom. The van der Waals surface area contributed by atoms with E-state index in [4.69, 9.17) is 0 Å². The number of piperazine rings is 1. The van der Waals surface area contributed by atoms with Crippen molar-refractivity contribution in [2.75, 3.05) is 26.2 Å². The Bertz CT molecular complexity index is 312. The minimum absolute atomic E-state index is 0. The Labute approximate surface area is 110 Å². The Hall–Kier alpha value is -0.622. The molecule has 0 N–H and O–H groups in total. The third kappa shape index (κ3) is 2.80. The number of fused-ring (bicyclic) bond motifs is 1. The monoisotopic (exact) mass is 431 g/mol. The number of nitrogens with zero attached hydrogens (tertiary/aromatic N) is 3. The minimum Gasteiger partial charge on any atom is -0.659 e. The maximum absolute atomic E-state index is 12.1. The topological polar surface area (TPSA) is 54.7 Å². The van der Waals surface area contributed by atoms with Crippen LogP contribution in [0.4, 0.5) is 18.0 Å². The van der Waals surface area contributed by atoms with Crippen molar-refractivity contribution in [3.8, 4) is 0 Å². The van der Waals surface area contributed by atoms with Gasteiger partial charge in [0.1, 0.15) is 6.54 Å². The summed E-state index contributed by atoms with van der Waals surface area (Å²) in [5.41, 5.74) is 0. The normalized spacial score (nSPS) is 24.8. The molecular formula is C8H9F3N3O2Pt+. The summed E-state index contributed by atoms with van der Waals surface area (Å²) in [5, 5.41) is 3.91. The van der Waals surface area contributed by atoms with E-state index < -0.39 is 30.7 Å². The molecule has 2 aliphatic heterocycles. The molecule has 0 spiro atoms. The van der Waals surface area contributed by atoms with Crippen LogP contribution in [0.5, 0.6) is 0 Å². The van der Waals surface area contributed by atoms with Crippen molar-refractivity contribution in [1.82, 2.24) is 9.80 Å². The molecule has 3 amide bonds. The van der Waals surface area contributed by atoms with Gasteiger partial charge in [-0.1, -0.05) is 0 Å². The number of hydrogen-bond donors (Lipinski definition) is 0. The van der Waals surface area contributed by atoms with E-state index in [-0.39, 0.29) is 39.1 Å². The van der Waals surface area contributed by atoms with Gasteiger partial charge < -0.3 is 10.2 Å². The molecule has 0 bridgehead atoms. The Morgan fingerprint density at radius 1 is 1.35 bits per heavy atom. The third-order valence-electron chi connectivity index (χ3n) is 2.54. The van der Waals surface area contributed by atoms with Gasteiger partial charge in [-0.2, -0.15) is 13.2 Å². The summed E-state index contributed by atoms with van der Waals surface area (Å²) in [6.07, 6.45) is -4.56. The molecule has 0 saturated carbocycles. The van der Waals surface area contributed by atoms with Crippen molar-refractivity contribution in [3.05, 3.63) is 5.32 Å². The number of urea groups is 1. The van der Waals surface area contributed by atoms with Crippen molar-refractivity contribution < 1.29 is 43.8 Å². The number of halogens is 3. The number of amides is 3. The van der Waals surface area contributed by atoms with Gasteiger partial charge in [0.05, 0.1) is 6.04 Å². The molecule has 2 heterocycles. The van der Waals surface area contributed by atoms with Crippen molar-refractivity contribution in [2.45, 2.75) is 12.2 Å². The van der Waals surface area contributed by atoms with Crippen LogP contribution >= 0.6 is 0 Å². The second-order valence-electron chi connectivity index (χ2n) is 3.66. The van der Waals surface area contributed by atoms with Crippen molar-refractivity contribution in [2.24, 2.45) is 0 Å². The third-order valence-corrected chi connectivity index (χ3v) is 2.54. The van der Waals surface area contributed by atoms with E-state index in [9.17, 15) is 22.8 Å². The van der Waals surface area contributed by atoms with Crippen molar-refractivity contribution in [1.29, 1.82) is 0 Å². The first kappa shape index (κ1) is 14.4. The summed E-state index contributed by atoms with van der Waals surface area (Å²) in [7, 11) is 0. The molecule has 1 unspecified atom stereocenters. The first-order chi connectivity index (χ1) is 7.40. The average Bonchev–Trinajstić information content (AvgIpc) is 2.43. The smallest absolute Gasteiger partial charge is 0.659 e. The molecule has 0 aromatic heterocycles. The number of carbonyl (C=O) groups is 2. The molecule has 2 rings (SSSR count). The summed E-state index contributed by atoms with van der Waals surface area (Å²) < 4.78 is 36.4. The van der Waals surface area contributed by atoms with Gasteiger partial charge in [0.15, 0.2) is 0 Å². The van der Waals surface area contributed by atoms with Crippen molar-refractivity contribution in [3.63, 3.8) is 0 Å². The molecule has 2 aliphatic rings. The van der Waals surface area contributed by atoms with Crippen LogP contribution in [0.2, 0.25) is 0 Å². The molecule has 0 aliphatic carbocycles. The Kier molecular flexibility index (Phi) is 4.19. The molecule has 2 saturated heterocycles. The van der Waals surface area contributed by atoms with Crippen LogP contribution in [0.3, 0.4) is 0 Å². The molecule has 0 radical (unpaired) electrons. The number of alkyl halides is 3. The van der Waals surface area contributed by atoms with E-state index in [1.54, 1.807) is 0 Å². The van der Waals surface area contributed by atoms with Crippen LogP contribution < -0.4 is 0 Å². The fourth-order valence-corrected chi connectivity index (χ4v) is 1.84. The Balaban J connectivity index is 0.00000144. The van der Waals surface area contributed by atoms with E-state index in [1.165, 1.54) is 0 Å². The zero-order valence-corrected chi connectivity index (χ0v) is 10.8. The molecule has 98 valence electrons. The molecule has 9 heteroatoms. The van der Waals surface area contributed by atoms with E-state index >= 15 is 0 Å². The first-order valence-electron chi connectivity index (χ1n) is 4.72. The molecule has 1 atom stereocenters. The molecule has 0 aromatic carbocycles. The largest absolute Gasteiger partial charge is 2.00 e. The first-order valence-corrected chi connectivity index (χ1v) is 4.72. The van der Waals surface area contributed by atoms with Crippen molar-refractivity contribution >= 4 is 11.9 Å². The molecule has 2 fully saturated rings. The van der Waals surface area contributed by atoms with Gasteiger partial charge in [0.2, 0.25) is 0 Å². The minimum atomic E-state index is -4.56. The number of carbonyl (C=O) groups excluding carboxylic acids is 2. The van der Waals surface area contributed by atoms with Crippen LogP contribution in [0, 0.1) is 0 Å². The van der Waals surface area contributed by atoms with Gasteiger partial charge in [0.25, 0.3) is 5.91 Å². The molecule has 5 nitrogen and oxygen atoms in total. The van der Waals surface area contributed by atoms with Gasteiger partial charge in [-0.15, -0.1) is 13.1 Å². The summed E-state index contributed by atoms with van der Waals surface area (Å²) in [6.45, 7) is -0.838. The zero-order chi connectivity index (χ0) is 11.9. The van der Waals surface area contributed by atoms with Crippen LogP contribution in [-0.4, -0.2) is 60.1 Å². The van der Waals surface area contributed by atoms with Gasteiger partial charge in [0, 0.05) is 6.54 Å². The summed E-state index contributed by atoms with van der Waals surface area (Å²) in [5.74, 6) is -0.800. The standard InChI is InChI=1S/C8H9F3N3O2.Pt/c9-8(10,11)4-14-6(15)5-3-12-1-2-13(5)7(14)16;/h5H,1-4H2;/q-1;+2. The molecular weight excluding hydrogens is 422 g/mol. The maximum Gasteiger partial charge on any atom is 2.00 e. The number of imide groups is 1. The predicted molar refractivity (Wildman–Crippen MR) is 46.8 cm³/mol. The predicted octanol–water partition coefficient (Wildman–Crippen LogP) is 0.566. The van der Waals surface area contributed by atoms with E-state index in [2.05, 4.69) is 5.32 Å². The second kappa shape index (κ2) is 4.94. The van der Waals surface area contributed by atoms with Crippen LogP contribution in [0.1, 0.15) is 0 Å². The zero-order valence-electron chi connectivity index (χ0n) is 8.51. The summed E-state index contributed by atoms with van der Waals surface area (Å²) in [4.78, 5) is 24.5. The number of hydrogen-bond acceptors (Lipinski definition) is 2. The quantitative estimate of drug-likeness (QED) is 0.571. The summed E-state index contributed by atoms with van der Waals surface area (Å²) >= 11 is 0. The van der Waals surface area contributed by atoms with Crippen LogP contribution in [0.15, 0.2) is 0 Å². The van der Waals surface area contributed by atoms with E-state index in [1.807, 2.05) is 0 Å². The SMILES string of the molecule is O=C1C2C[N-]CCN2C(=O)N1CC(F)(F)F.[Pt+2]. The Morgan fingerprint density at radius 3 is 2.53 bits per heavy atom. The fraction of sp³-hybridized carbons (Fsp3) is 0.750.